The summed E-state index contributed by atoms with van der Waals surface area (Å²) in [6.07, 6.45) is 7.63. The van der Waals surface area contributed by atoms with Crippen molar-refractivity contribution in [1.82, 2.24) is 15.3 Å². The van der Waals surface area contributed by atoms with Crippen LogP contribution in [0.4, 0.5) is 0 Å². The molecular formula is C12H15N3. The van der Waals surface area contributed by atoms with Crippen LogP contribution in [-0.2, 0) is 6.54 Å². The molecule has 0 aliphatic carbocycles. The van der Waals surface area contributed by atoms with Gasteiger partial charge in [0.2, 0.25) is 0 Å². The third-order valence-electron chi connectivity index (χ3n) is 2.46. The van der Waals surface area contributed by atoms with Crippen molar-refractivity contribution in [3.63, 3.8) is 0 Å². The molecule has 1 unspecified atom stereocenters. The minimum absolute atomic E-state index is 0.327. The summed E-state index contributed by atoms with van der Waals surface area (Å²) in [6.45, 7) is 3.02. The van der Waals surface area contributed by atoms with E-state index in [0.29, 0.717) is 6.04 Å². The van der Waals surface area contributed by atoms with Crippen LogP contribution in [0.3, 0.4) is 0 Å². The Hall–Kier alpha value is -1.61. The van der Waals surface area contributed by atoms with Crippen molar-refractivity contribution in [1.29, 1.82) is 0 Å². The monoisotopic (exact) mass is 201 g/mol. The normalized spacial score (nSPS) is 12.6. The average Bonchev–Trinajstić information content (AvgIpc) is 2.80. The third kappa shape index (κ3) is 2.67. The molecule has 0 saturated heterocycles. The van der Waals surface area contributed by atoms with Gasteiger partial charge >= 0.3 is 0 Å². The molecule has 2 N–H and O–H groups in total. The van der Waals surface area contributed by atoms with Crippen molar-refractivity contribution in [3.05, 3.63) is 54.1 Å². The predicted molar refractivity (Wildman–Crippen MR) is 60.3 cm³/mol. The molecule has 3 nitrogen and oxygen atoms in total. The standard InChI is InChI=1S/C12H15N3/c1-10(12-3-2-5-13-9-12)15-8-11-4-6-14-7-11/h2-7,9-10,14-15H,8H2,1H3. The lowest BCUT2D eigenvalue weighted by atomic mass is 10.1. The molecule has 0 bridgehead atoms. The summed E-state index contributed by atoms with van der Waals surface area (Å²) in [6, 6.07) is 6.45. The van der Waals surface area contributed by atoms with E-state index in [9.17, 15) is 0 Å². The summed E-state index contributed by atoms with van der Waals surface area (Å²) >= 11 is 0. The second-order valence-electron chi connectivity index (χ2n) is 3.61. The zero-order valence-corrected chi connectivity index (χ0v) is 8.77. The molecule has 78 valence electrons. The van der Waals surface area contributed by atoms with Gasteiger partial charge in [-0.1, -0.05) is 6.07 Å². The minimum atomic E-state index is 0.327. The summed E-state index contributed by atoms with van der Waals surface area (Å²) in [4.78, 5) is 7.15. The molecule has 0 spiro atoms. The highest BCUT2D eigenvalue weighted by atomic mass is 14.9. The lowest BCUT2D eigenvalue weighted by molar-refractivity contribution is 0.573. The first-order valence-electron chi connectivity index (χ1n) is 5.11. The van der Waals surface area contributed by atoms with Crippen LogP contribution in [0, 0.1) is 0 Å². The number of nitrogens with zero attached hydrogens (tertiary/aromatic N) is 1. The Kier molecular flexibility index (Phi) is 3.15. The van der Waals surface area contributed by atoms with Crippen molar-refractivity contribution in [3.8, 4) is 0 Å². The number of rotatable bonds is 4. The van der Waals surface area contributed by atoms with Crippen LogP contribution in [0.25, 0.3) is 0 Å². The summed E-state index contributed by atoms with van der Waals surface area (Å²) in [5.74, 6) is 0. The van der Waals surface area contributed by atoms with Gasteiger partial charge in [0.1, 0.15) is 0 Å². The van der Waals surface area contributed by atoms with E-state index in [2.05, 4.69) is 34.3 Å². The van der Waals surface area contributed by atoms with Gasteiger partial charge in [-0.2, -0.15) is 0 Å². The van der Waals surface area contributed by atoms with Crippen LogP contribution in [0.15, 0.2) is 43.0 Å². The van der Waals surface area contributed by atoms with E-state index in [1.807, 2.05) is 24.7 Å². The van der Waals surface area contributed by atoms with Gasteiger partial charge in [-0.15, -0.1) is 0 Å². The number of nitrogens with one attached hydrogen (secondary N) is 2. The first-order chi connectivity index (χ1) is 7.36. The lowest BCUT2D eigenvalue weighted by Gasteiger charge is -2.12. The Morgan fingerprint density at radius 2 is 2.40 bits per heavy atom. The number of H-pyrrole nitrogens is 1. The largest absolute Gasteiger partial charge is 0.367 e. The van der Waals surface area contributed by atoms with Crippen LogP contribution < -0.4 is 5.32 Å². The van der Waals surface area contributed by atoms with Gasteiger partial charge in [0, 0.05) is 37.4 Å². The Morgan fingerprint density at radius 1 is 1.47 bits per heavy atom. The van der Waals surface area contributed by atoms with Crippen LogP contribution in [-0.4, -0.2) is 9.97 Å². The smallest absolute Gasteiger partial charge is 0.0315 e. The third-order valence-corrected chi connectivity index (χ3v) is 2.46. The molecule has 2 aromatic rings. The second-order valence-corrected chi connectivity index (χ2v) is 3.61. The van der Waals surface area contributed by atoms with Crippen LogP contribution in [0.2, 0.25) is 0 Å². The van der Waals surface area contributed by atoms with Gasteiger partial charge in [-0.3, -0.25) is 4.98 Å². The first-order valence-corrected chi connectivity index (χ1v) is 5.11. The maximum Gasteiger partial charge on any atom is 0.0315 e. The Labute approximate surface area is 89.6 Å². The minimum Gasteiger partial charge on any atom is -0.367 e. The topological polar surface area (TPSA) is 40.7 Å². The van der Waals surface area contributed by atoms with Crippen LogP contribution in [0.1, 0.15) is 24.1 Å². The summed E-state index contributed by atoms with van der Waals surface area (Å²) in [5, 5.41) is 3.44. The Bertz CT molecular complexity index is 381. The lowest BCUT2D eigenvalue weighted by Crippen LogP contribution is -2.17. The van der Waals surface area contributed by atoms with Gasteiger partial charge in [0.15, 0.2) is 0 Å². The number of hydrogen-bond acceptors (Lipinski definition) is 2. The molecule has 2 heterocycles. The van der Waals surface area contributed by atoms with Crippen molar-refractivity contribution < 1.29 is 0 Å². The number of hydrogen-bond donors (Lipinski definition) is 2. The number of aromatic amines is 1. The molecule has 0 aromatic carbocycles. The fourth-order valence-corrected chi connectivity index (χ4v) is 1.49. The molecular weight excluding hydrogens is 186 g/mol. The van der Waals surface area contributed by atoms with E-state index in [-0.39, 0.29) is 0 Å². The molecule has 1 atom stereocenters. The van der Waals surface area contributed by atoms with E-state index in [1.54, 1.807) is 6.20 Å². The van der Waals surface area contributed by atoms with E-state index in [1.165, 1.54) is 11.1 Å². The molecule has 0 saturated carbocycles. The highest BCUT2D eigenvalue weighted by molar-refractivity contribution is 5.14. The zero-order valence-electron chi connectivity index (χ0n) is 8.77. The molecule has 0 aliphatic heterocycles. The zero-order chi connectivity index (χ0) is 10.5. The van der Waals surface area contributed by atoms with Gasteiger partial charge in [-0.25, -0.2) is 0 Å². The maximum atomic E-state index is 4.10. The van der Waals surface area contributed by atoms with Gasteiger partial charge < -0.3 is 10.3 Å². The summed E-state index contributed by atoms with van der Waals surface area (Å²) in [5.41, 5.74) is 2.48. The fourth-order valence-electron chi connectivity index (χ4n) is 1.49. The Morgan fingerprint density at radius 3 is 3.07 bits per heavy atom. The number of aromatic nitrogens is 2. The summed E-state index contributed by atoms with van der Waals surface area (Å²) in [7, 11) is 0. The highest BCUT2D eigenvalue weighted by Gasteiger charge is 2.03. The quantitative estimate of drug-likeness (QED) is 0.796. The predicted octanol–water partition coefficient (Wildman–Crippen LogP) is 2.26. The Balaban J connectivity index is 1.90. The molecule has 2 rings (SSSR count). The molecule has 0 radical (unpaired) electrons. The van der Waals surface area contributed by atoms with Crippen molar-refractivity contribution in [2.45, 2.75) is 19.5 Å². The summed E-state index contributed by atoms with van der Waals surface area (Å²) < 4.78 is 0. The van der Waals surface area contributed by atoms with Gasteiger partial charge in [-0.05, 0) is 30.2 Å². The molecule has 2 aromatic heterocycles. The van der Waals surface area contributed by atoms with Crippen molar-refractivity contribution in [2.24, 2.45) is 0 Å². The van der Waals surface area contributed by atoms with Crippen LogP contribution >= 0.6 is 0 Å². The molecule has 3 heteroatoms. The van der Waals surface area contributed by atoms with Crippen molar-refractivity contribution in [2.75, 3.05) is 0 Å². The molecule has 0 amide bonds. The second kappa shape index (κ2) is 4.75. The fraction of sp³-hybridized carbons (Fsp3) is 0.250. The van der Waals surface area contributed by atoms with E-state index < -0.39 is 0 Å². The van der Waals surface area contributed by atoms with Gasteiger partial charge in [0.25, 0.3) is 0 Å². The van der Waals surface area contributed by atoms with E-state index in [4.69, 9.17) is 0 Å². The number of pyridine rings is 1. The first kappa shape index (κ1) is 9.93. The highest BCUT2D eigenvalue weighted by Crippen LogP contribution is 2.10. The van der Waals surface area contributed by atoms with Crippen molar-refractivity contribution >= 4 is 0 Å². The van der Waals surface area contributed by atoms with E-state index >= 15 is 0 Å². The molecule has 15 heavy (non-hydrogen) atoms. The van der Waals surface area contributed by atoms with E-state index in [0.717, 1.165) is 6.54 Å². The molecule has 0 aliphatic rings. The average molecular weight is 201 g/mol. The van der Waals surface area contributed by atoms with Gasteiger partial charge in [0.05, 0.1) is 0 Å². The molecule has 0 fully saturated rings. The van der Waals surface area contributed by atoms with Crippen LogP contribution in [0.5, 0.6) is 0 Å². The maximum absolute atomic E-state index is 4.10. The SMILES string of the molecule is CC(NCc1cc[nH]c1)c1cccnc1.